The molecule has 7 heteroatoms. The summed E-state index contributed by atoms with van der Waals surface area (Å²) < 4.78 is 18.8. The van der Waals surface area contributed by atoms with Crippen LogP contribution in [0.4, 0.5) is 34.1 Å². The number of furan rings is 2. The molecule has 0 N–H and O–H groups in total. The van der Waals surface area contributed by atoms with Crippen LogP contribution in [0.5, 0.6) is 0 Å². The average Bonchev–Trinajstić information content (AvgIpc) is 4.23. The Morgan fingerprint density at radius 3 is 1.21 bits per heavy atom. The smallest absolute Gasteiger partial charge is 0.252 e. The first kappa shape index (κ1) is 39.8. The maximum atomic E-state index is 6.87. The number of hydrogen-bond donors (Lipinski definition) is 0. The lowest BCUT2D eigenvalue weighted by atomic mass is 9.33. The zero-order chi connectivity index (χ0) is 47.5. The molecule has 0 amide bonds. The molecule has 4 nitrogen and oxygen atoms in total. The topological polar surface area (TPSA) is 32.8 Å². The molecule has 0 spiro atoms. The number of thiophene rings is 2. The molecule has 0 fully saturated rings. The van der Waals surface area contributed by atoms with Gasteiger partial charge in [0.1, 0.15) is 22.3 Å². The fraction of sp³-hybridized carbons (Fsp3) is 0. The third-order valence-corrected chi connectivity index (χ3v) is 17.9. The van der Waals surface area contributed by atoms with Gasteiger partial charge in [0, 0.05) is 73.6 Å². The first-order valence-electron chi connectivity index (χ1n) is 24.9. The van der Waals surface area contributed by atoms with Gasteiger partial charge < -0.3 is 18.6 Å². The SMILES string of the molecule is c1ccc(-c2ccc3sc4ccccc4c3c2N2c3cccc4c3B(c3ccc5oc6ccccc6c5c32)c2ccc3oc5ccccc5c3c2N4c2c(-c3ccccc3)ccc3sc4ccccc4c23)cc1. The lowest BCUT2D eigenvalue weighted by Gasteiger charge is -2.45. The molecule has 11 aromatic carbocycles. The van der Waals surface area contributed by atoms with E-state index in [-0.39, 0.29) is 6.71 Å². The molecule has 6 heterocycles. The van der Waals surface area contributed by atoms with Crippen molar-refractivity contribution in [2.75, 3.05) is 9.80 Å². The minimum atomic E-state index is -0.169. The van der Waals surface area contributed by atoms with E-state index in [9.17, 15) is 0 Å². The van der Waals surface area contributed by atoms with Crippen molar-refractivity contribution >= 4 is 164 Å². The largest absolute Gasteiger partial charge is 0.456 e. The van der Waals surface area contributed by atoms with Crippen molar-refractivity contribution < 1.29 is 8.83 Å². The molecule has 0 radical (unpaired) electrons. The van der Waals surface area contributed by atoms with Gasteiger partial charge in [-0.1, -0.05) is 164 Å². The summed E-state index contributed by atoms with van der Waals surface area (Å²) in [5, 5.41) is 9.40. The summed E-state index contributed by atoms with van der Waals surface area (Å²) in [5.41, 5.74) is 18.8. The van der Waals surface area contributed by atoms with E-state index in [0.29, 0.717) is 0 Å². The second kappa shape index (κ2) is 14.8. The van der Waals surface area contributed by atoms with E-state index < -0.39 is 0 Å². The van der Waals surface area contributed by atoms with E-state index in [1.165, 1.54) is 67.9 Å². The van der Waals surface area contributed by atoms with Gasteiger partial charge in [0.15, 0.2) is 0 Å². The molecule has 0 saturated carbocycles. The highest BCUT2D eigenvalue weighted by molar-refractivity contribution is 7.26. The van der Waals surface area contributed by atoms with E-state index in [1.54, 1.807) is 0 Å². The molecule has 4 aromatic heterocycles. The molecule has 338 valence electrons. The van der Waals surface area contributed by atoms with Crippen molar-refractivity contribution in [3.05, 3.63) is 224 Å². The number of nitrogens with zero attached hydrogens (tertiary/aromatic N) is 2. The van der Waals surface area contributed by atoms with Crippen molar-refractivity contribution in [2.24, 2.45) is 0 Å². The monoisotopic (exact) mass is 964 g/mol. The second-order valence-corrected chi connectivity index (χ2v) is 21.5. The Morgan fingerprint density at radius 2 is 0.726 bits per heavy atom. The highest BCUT2D eigenvalue weighted by Gasteiger charge is 2.47. The van der Waals surface area contributed by atoms with Gasteiger partial charge in [-0.3, -0.25) is 0 Å². The van der Waals surface area contributed by atoms with Gasteiger partial charge in [-0.2, -0.15) is 0 Å². The molecule has 0 atom stereocenters. The Kier molecular flexibility index (Phi) is 8.09. The highest BCUT2D eigenvalue weighted by atomic mass is 32.1. The van der Waals surface area contributed by atoms with Crippen LogP contribution in [0.25, 0.3) is 106 Å². The van der Waals surface area contributed by atoms with Gasteiger partial charge >= 0.3 is 0 Å². The van der Waals surface area contributed by atoms with Gasteiger partial charge in [0.2, 0.25) is 0 Å². The lowest BCUT2D eigenvalue weighted by Crippen LogP contribution is -2.61. The van der Waals surface area contributed by atoms with Gasteiger partial charge in [0.25, 0.3) is 6.71 Å². The summed E-state index contributed by atoms with van der Waals surface area (Å²) in [7, 11) is 0. The molecule has 0 saturated heterocycles. The summed E-state index contributed by atoms with van der Waals surface area (Å²) in [6.45, 7) is -0.169. The molecule has 0 unspecified atom stereocenters. The number of benzene rings is 11. The van der Waals surface area contributed by atoms with Crippen LogP contribution < -0.4 is 26.2 Å². The number of rotatable bonds is 4. The molecular weight excluding hydrogens is 928 g/mol. The van der Waals surface area contributed by atoms with Crippen molar-refractivity contribution in [1.29, 1.82) is 0 Å². The maximum Gasteiger partial charge on any atom is 0.252 e. The number of anilines is 6. The molecule has 0 bridgehead atoms. The molecule has 0 aliphatic carbocycles. The average molecular weight is 965 g/mol. The van der Waals surface area contributed by atoms with Crippen LogP contribution in [0, 0.1) is 0 Å². The third kappa shape index (κ3) is 5.39. The van der Waals surface area contributed by atoms with Crippen LogP contribution in [0.3, 0.4) is 0 Å². The minimum absolute atomic E-state index is 0.169. The second-order valence-electron chi connectivity index (χ2n) is 19.4. The normalized spacial score (nSPS) is 13.1. The summed E-state index contributed by atoms with van der Waals surface area (Å²) in [6, 6.07) is 82.5. The summed E-state index contributed by atoms with van der Waals surface area (Å²) in [4.78, 5) is 5.29. The maximum absolute atomic E-state index is 6.87. The van der Waals surface area contributed by atoms with E-state index in [2.05, 4.69) is 234 Å². The van der Waals surface area contributed by atoms with E-state index >= 15 is 0 Å². The highest BCUT2D eigenvalue weighted by Crippen LogP contribution is 2.57. The Bertz CT molecular complexity index is 4540. The summed E-state index contributed by atoms with van der Waals surface area (Å²) in [5.74, 6) is 0. The molecule has 17 rings (SSSR count). The van der Waals surface area contributed by atoms with Gasteiger partial charge in [-0.25, -0.2) is 0 Å². The predicted molar refractivity (Wildman–Crippen MR) is 312 cm³/mol. The Hall–Kier alpha value is -8.88. The van der Waals surface area contributed by atoms with Gasteiger partial charge in [-0.05, 0) is 88.2 Å². The first-order valence-corrected chi connectivity index (χ1v) is 26.5. The molecule has 15 aromatic rings. The zero-order valence-electron chi connectivity index (χ0n) is 39.0. The fourth-order valence-electron chi connectivity index (χ4n) is 12.8. The van der Waals surface area contributed by atoms with Crippen LogP contribution >= 0.6 is 22.7 Å². The summed E-state index contributed by atoms with van der Waals surface area (Å²) in [6.07, 6.45) is 0. The van der Waals surface area contributed by atoms with Crippen molar-refractivity contribution in [3.8, 4) is 22.3 Å². The Balaban J connectivity index is 1.09. The predicted octanol–water partition coefficient (Wildman–Crippen LogP) is 17.6. The van der Waals surface area contributed by atoms with E-state index in [4.69, 9.17) is 8.83 Å². The molecule has 2 aliphatic heterocycles. The van der Waals surface area contributed by atoms with Crippen LogP contribution in [0.15, 0.2) is 233 Å². The quantitative estimate of drug-likeness (QED) is 0.165. The van der Waals surface area contributed by atoms with Crippen LogP contribution in [-0.4, -0.2) is 6.71 Å². The van der Waals surface area contributed by atoms with Crippen LogP contribution in [-0.2, 0) is 0 Å². The van der Waals surface area contributed by atoms with E-state index in [1.807, 2.05) is 22.7 Å². The number of hydrogen-bond acceptors (Lipinski definition) is 6. The summed E-state index contributed by atoms with van der Waals surface area (Å²) >= 11 is 3.73. The fourth-order valence-corrected chi connectivity index (χ4v) is 15.0. The minimum Gasteiger partial charge on any atom is -0.456 e. The van der Waals surface area contributed by atoms with Crippen LogP contribution in [0.1, 0.15) is 0 Å². The first-order chi connectivity index (χ1) is 36.2. The van der Waals surface area contributed by atoms with Crippen molar-refractivity contribution in [3.63, 3.8) is 0 Å². The molecule has 73 heavy (non-hydrogen) atoms. The van der Waals surface area contributed by atoms with Crippen molar-refractivity contribution in [1.82, 2.24) is 0 Å². The number of fused-ring (bicyclic) bond motifs is 18. The number of para-hydroxylation sites is 2. The lowest BCUT2D eigenvalue weighted by molar-refractivity contribution is 0.668. The van der Waals surface area contributed by atoms with Gasteiger partial charge in [0.05, 0.1) is 33.5 Å². The Labute approximate surface area is 426 Å². The van der Waals surface area contributed by atoms with Crippen LogP contribution in [0.2, 0.25) is 0 Å². The standard InChI is InChI=1S/C66H37BN2O2S2/c1-3-16-38(17-4-1)40-30-36-56-60(44-22-9-13-28-54(44)72-56)63(40)68-48-24-15-25-49-62(48)67(46-32-34-52-58(65(46)68)42-20-7-11-26-50(42)70-52)47-33-35-53-59(43-21-8-12-27-51(43)71-53)66(47)69(49)64-41(39-18-5-2-6-19-39)31-37-57-61(64)45-23-10-14-29-55(45)73-57/h1-37H. The Morgan fingerprint density at radius 1 is 0.301 bits per heavy atom. The molecular formula is C66H37BN2O2S2. The zero-order valence-corrected chi connectivity index (χ0v) is 40.6. The van der Waals surface area contributed by atoms with E-state index in [0.717, 1.165) is 89.1 Å². The third-order valence-electron chi connectivity index (χ3n) is 15.6. The molecule has 2 aliphatic rings. The van der Waals surface area contributed by atoms with Gasteiger partial charge in [-0.15, -0.1) is 22.7 Å². The van der Waals surface area contributed by atoms with Crippen molar-refractivity contribution in [2.45, 2.75) is 0 Å².